The summed E-state index contributed by atoms with van der Waals surface area (Å²) in [5.41, 5.74) is 5.12. The molecule has 1 saturated carbocycles. The molecular weight excluding hydrogens is 298 g/mol. The summed E-state index contributed by atoms with van der Waals surface area (Å²) in [7, 11) is 2.24. The van der Waals surface area contributed by atoms with Gasteiger partial charge >= 0.3 is 0 Å². The van der Waals surface area contributed by atoms with Crippen molar-refractivity contribution in [2.45, 2.75) is 45.9 Å². The Morgan fingerprint density at radius 2 is 2.21 bits per heavy atom. The number of H-pyrrole nitrogens is 1. The second-order valence-corrected chi connectivity index (χ2v) is 8.06. The molecule has 4 nitrogen and oxygen atoms in total. The van der Waals surface area contributed by atoms with Crippen LogP contribution in [-0.4, -0.2) is 40.9 Å². The molecule has 2 heterocycles. The van der Waals surface area contributed by atoms with Gasteiger partial charge in [0, 0.05) is 41.7 Å². The van der Waals surface area contributed by atoms with E-state index in [1.54, 1.807) is 0 Å². The quantitative estimate of drug-likeness (QED) is 0.933. The van der Waals surface area contributed by atoms with Gasteiger partial charge in [-0.1, -0.05) is 37.6 Å². The van der Waals surface area contributed by atoms with Gasteiger partial charge in [0.2, 0.25) is 0 Å². The number of aromatic nitrogens is 2. The Kier molecular flexibility index (Phi) is 3.77. The molecule has 1 N–H and O–H groups in total. The third-order valence-electron chi connectivity index (χ3n) is 5.96. The van der Waals surface area contributed by atoms with Gasteiger partial charge in [-0.2, -0.15) is 5.10 Å². The van der Waals surface area contributed by atoms with Crippen molar-refractivity contribution in [3.05, 3.63) is 41.6 Å². The van der Waals surface area contributed by atoms with Gasteiger partial charge in [0.1, 0.15) is 0 Å². The molecule has 2 fully saturated rings. The lowest BCUT2D eigenvalue weighted by Gasteiger charge is -2.58. The Bertz CT molecular complexity index is 736. The first kappa shape index (κ1) is 15.9. The fourth-order valence-corrected chi connectivity index (χ4v) is 5.04. The van der Waals surface area contributed by atoms with Gasteiger partial charge in [-0.25, -0.2) is 0 Å². The molecule has 24 heavy (non-hydrogen) atoms. The summed E-state index contributed by atoms with van der Waals surface area (Å²) in [5.74, 6) is 0.680. The maximum atomic E-state index is 5.94. The van der Waals surface area contributed by atoms with Crippen molar-refractivity contribution in [3.63, 3.8) is 0 Å². The molecule has 3 unspecified atom stereocenters. The summed E-state index contributed by atoms with van der Waals surface area (Å²) < 4.78 is 5.94. The van der Waals surface area contributed by atoms with Crippen LogP contribution in [0.1, 0.15) is 31.4 Å². The van der Waals surface area contributed by atoms with Crippen molar-refractivity contribution in [3.8, 4) is 11.3 Å². The summed E-state index contributed by atoms with van der Waals surface area (Å²) >= 11 is 0. The highest BCUT2D eigenvalue weighted by atomic mass is 16.5. The van der Waals surface area contributed by atoms with E-state index in [9.17, 15) is 0 Å². The highest BCUT2D eigenvalue weighted by Crippen LogP contribution is 2.54. The van der Waals surface area contributed by atoms with E-state index in [-0.39, 0.29) is 5.41 Å². The minimum Gasteiger partial charge on any atom is -0.377 e. The number of hydrogen-bond donors (Lipinski definition) is 1. The topological polar surface area (TPSA) is 41.2 Å². The molecular formula is C20H27N3O. The molecule has 1 aliphatic heterocycles. The molecule has 4 rings (SSSR count). The van der Waals surface area contributed by atoms with Crippen LogP contribution >= 0.6 is 0 Å². The maximum Gasteiger partial charge on any atom is 0.0695 e. The highest BCUT2D eigenvalue weighted by Gasteiger charge is 2.60. The Morgan fingerprint density at radius 1 is 1.38 bits per heavy atom. The van der Waals surface area contributed by atoms with E-state index in [1.807, 2.05) is 6.20 Å². The number of hydrogen-bond acceptors (Lipinski definition) is 3. The monoisotopic (exact) mass is 325 g/mol. The van der Waals surface area contributed by atoms with E-state index < -0.39 is 0 Å². The van der Waals surface area contributed by atoms with Crippen LogP contribution in [0.2, 0.25) is 0 Å². The van der Waals surface area contributed by atoms with E-state index in [4.69, 9.17) is 4.74 Å². The number of nitrogens with zero attached hydrogens (tertiary/aromatic N) is 2. The lowest BCUT2D eigenvalue weighted by Crippen LogP contribution is -2.65. The second kappa shape index (κ2) is 5.71. The number of fused-ring (bicyclic) bond motifs is 1. The van der Waals surface area contributed by atoms with Crippen LogP contribution in [-0.2, 0) is 11.3 Å². The zero-order chi connectivity index (χ0) is 16.9. The zero-order valence-corrected chi connectivity index (χ0v) is 15.0. The normalized spacial score (nSPS) is 28.0. The minimum absolute atomic E-state index is 0.225. The van der Waals surface area contributed by atoms with Crippen LogP contribution in [0.4, 0.5) is 0 Å². The molecule has 0 bridgehead atoms. The van der Waals surface area contributed by atoms with E-state index in [0.717, 1.165) is 18.8 Å². The standard InChI is InChI=1S/C20H27N3O/c1-13-6-5-7-14(10-13)17-15(11-21-22-17)12-23(4)18-16-8-9-24-19(16)20(18,2)3/h5-7,10-11,16,18-19H,8-9,12H2,1-4H3,(H,21,22). The molecule has 128 valence electrons. The van der Waals surface area contributed by atoms with Crippen molar-refractivity contribution < 1.29 is 4.74 Å². The summed E-state index contributed by atoms with van der Waals surface area (Å²) in [6.07, 6.45) is 3.60. The fraction of sp³-hybridized carbons (Fsp3) is 0.550. The molecule has 1 saturated heterocycles. The maximum absolute atomic E-state index is 5.94. The number of aryl methyl sites for hydroxylation is 1. The number of nitrogens with one attached hydrogen (secondary N) is 1. The first-order valence-corrected chi connectivity index (χ1v) is 8.89. The molecule has 1 aliphatic carbocycles. The van der Waals surface area contributed by atoms with Crippen molar-refractivity contribution in [1.82, 2.24) is 15.1 Å². The minimum atomic E-state index is 0.225. The number of benzene rings is 1. The number of aromatic amines is 1. The number of rotatable bonds is 4. The van der Waals surface area contributed by atoms with Gasteiger partial charge in [-0.05, 0) is 26.5 Å². The third-order valence-corrected chi connectivity index (χ3v) is 5.96. The van der Waals surface area contributed by atoms with E-state index in [1.165, 1.54) is 23.1 Å². The van der Waals surface area contributed by atoms with Gasteiger partial charge in [0.05, 0.1) is 18.0 Å². The fourth-order valence-electron chi connectivity index (χ4n) is 5.04. The molecule has 0 radical (unpaired) electrons. The molecule has 0 amide bonds. The molecule has 1 aromatic carbocycles. The van der Waals surface area contributed by atoms with Crippen molar-refractivity contribution >= 4 is 0 Å². The lowest BCUT2D eigenvalue weighted by molar-refractivity contribution is -0.151. The lowest BCUT2D eigenvalue weighted by atomic mass is 9.57. The molecule has 1 aromatic heterocycles. The summed E-state index contributed by atoms with van der Waals surface area (Å²) in [4.78, 5) is 2.50. The first-order chi connectivity index (χ1) is 11.5. The molecule has 2 aromatic rings. The average Bonchev–Trinajstić information content (AvgIpc) is 3.15. The van der Waals surface area contributed by atoms with Crippen molar-refractivity contribution in [2.75, 3.05) is 13.7 Å². The first-order valence-electron chi connectivity index (χ1n) is 8.89. The van der Waals surface area contributed by atoms with E-state index in [0.29, 0.717) is 18.1 Å². The molecule has 2 aliphatic rings. The second-order valence-electron chi connectivity index (χ2n) is 8.06. The van der Waals surface area contributed by atoms with Crippen LogP contribution in [0.25, 0.3) is 11.3 Å². The predicted octanol–water partition coefficient (Wildman–Crippen LogP) is 3.63. The molecule has 0 spiro atoms. The Balaban J connectivity index is 1.55. The largest absolute Gasteiger partial charge is 0.377 e. The molecule has 3 atom stereocenters. The Labute approximate surface area is 144 Å². The van der Waals surface area contributed by atoms with Crippen molar-refractivity contribution in [2.24, 2.45) is 11.3 Å². The molecule has 4 heteroatoms. The summed E-state index contributed by atoms with van der Waals surface area (Å²) in [6, 6.07) is 9.17. The highest BCUT2D eigenvalue weighted by molar-refractivity contribution is 5.63. The summed E-state index contributed by atoms with van der Waals surface area (Å²) in [6.45, 7) is 8.65. The van der Waals surface area contributed by atoms with Crippen LogP contribution in [0.3, 0.4) is 0 Å². The van der Waals surface area contributed by atoms with Gasteiger partial charge in [-0.15, -0.1) is 0 Å². The van der Waals surface area contributed by atoms with E-state index in [2.05, 4.69) is 67.2 Å². The Hall–Kier alpha value is -1.65. The van der Waals surface area contributed by atoms with E-state index >= 15 is 0 Å². The SMILES string of the molecule is Cc1cccc(-c2[nH]ncc2CN(C)C2C3CCOC3C2(C)C)c1. The van der Waals surface area contributed by atoms with Gasteiger partial charge in [-0.3, -0.25) is 10.00 Å². The van der Waals surface area contributed by atoms with Crippen LogP contribution < -0.4 is 0 Å². The van der Waals surface area contributed by atoms with Gasteiger partial charge in [0.15, 0.2) is 0 Å². The predicted molar refractivity (Wildman–Crippen MR) is 95.6 cm³/mol. The number of ether oxygens (including phenoxy) is 1. The summed E-state index contributed by atoms with van der Waals surface area (Å²) in [5, 5.41) is 7.51. The van der Waals surface area contributed by atoms with Gasteiger partial charge < -0.3 is 4.74 Å². The smallest absolute Gasteiger partial charge is 0.0695 e. The van der Waals surface area contributed by atoms with Crippen LogP contribution in [0.5, 0.6) is 0 Å². The van der Waals surface area contributed by atoms with Crippen LogP contribution in [0, 0.1) is 18.3 Å². The zero-order valence-electron chi connectivity index (χ0n) is 15.0. The van der Waals surface area contributed by atoms with Gasteiger partial charge in [0.25, 0.3) is 0 Å². The Morgan fingerprint density at radius 3 is 3.00 bits per heavy atom. The van der Waals surface area contributed by atoms with Crippen LogP contribution in [0.15, 0.2) is 30.5 Å². The average molecular weight is 325 g/mol. The third kappa shape index (κ3) is 2.40. The van der Waals surface area contributed by atoms with Crippen molar-refractivity contribution in [1.29, 1.82) is 0 Å².